The normalized spacial score (nSPS) is 10.5. The van der Waals surface area contributed by atoms with Crippen molar-refractivity contribution in [2.24, 2.45) is 0 Å². The molecule has 0 unspecified atom stereocenters. The fourth-order valence-corrected chi connectivity index (χ4v) is 2.49. The SMILES string of the molecule is CC(=O)Oc1c(Cl)cccc1CC(=O)OCc1ccc(OC(C)C)cc1. The zero-order valence-electron chi connectivity index (χ0n) is 15.0. The fourth-order valence-electron chi connectivity index (χ4n) is 2.26. The van der Waals surface area contributed by atoms with Crippen LogP contribution < -0.4 is 9.47 Å². The Kier molecular flexibility index (Phi) is 7.04. The van der Waals surface area contributed by atoms with E-state index in [9.17, 15) is 9.59 Å². The number of hydrogen-bond donors (Lipinski definition) is 0. The van der Waals surface area contributed by atoms with Gasteiger partial charge >= 0.3 is 11.9 Å². The van der Waals surface area contributed by atoms with Crippen LogP contribution >= 0.6 is 11.6 Å². The number of hydrogen-bond acceptors (Lipinski definition) is 5. The van der Waals surface area contributed by atoms with Gasteiger partial charge in [0.15, 0.2) is 5.75 Å². The van der Waals surface area contributed by atoms with Gasteiger partial charge in [0.2, 0.25) is 0 Å². The molecule has 0 aliphatic heterocycles. The van der Waals surface area contributed by atoms with Crippen LogP contribution in [-0.4, -0.2) is 18.0 Å². The van der Waals surface area contributed by atoms with Gasteiger partial charge in [0.1, 0.15) is 12.4 Å². The van der Waals surface area contributed by atoms with E-state index in [0.29, 0.717) is 5.56 Å². The summed E-state index contributed by atoms with van der Waals surface area (Å²) in [5, 5.41) is 0.270. The molecule has 5 nitrogen and oxygen atoms in total. The Labute approximate surface area is 157 Å². The standard InChI is InChI=1S/C20H21ClO5/c1-13(2)25-17-9-7-15(8-10-17)12-24-19(23)11-16-5-4-6-18(21)20(16)26-14(3)22/h4-10,13H,11-12H2,1-3H3. The molecule has 0 spiro atoms. The second-order valence-corrected chi connectivity index (χ2v) is 6.38. The van der Waals surface area contributed by atoms with E-state index in [-0.39, 0.29) is 29.9 Å². The van der Waals surface area contributed by atoms with E-state index >= 15 is 0 Å². The molecular formula is C20H21ClO5. The highest BCUT2D eigenvalue weighted by atomic mass is 35.5. The largest absolute Gasteiger partial charge is 0.491 e. The van der Waals surface area contributed by atoms with Gasteiger partial charge in [-0.05, 0) is 37.6 Å². The Balaban J connectivity index is 1.95. The van der Waals surface area contributed by atoms with Crippen LogP contribution in [0.2, 0.25) is 5.02 Å². The third kappa shape index (κ3) is 6.08. The highest BCUT2D eigenvalue weighted by molar-refractivity contribution is 6.32. The second kappa shape index (κ2) is 9.25. The first-order valence-electron chi connectivity index (χ1n) is 8.22. The van der Waals surface area contributed by atoms with Gasteiger partial charge in [-0.15, -0.1) is 0 Å². The monoisotopic (exact) mass is 376 g/mol. The summed E-state index contributed by atoms with van der Waals surface area (Å²) in [6.07, 6.45) is 0.0559. The maximum Gasteiger partial charge on any atom is 0.310 e. The average molecular weight is 377 g/mol. The van der Waals surface area contributed by atoms with Crippen LogP contribution in [0.4, 0.5) is 0 Å². The Morgan fingerprint density at radius 3 is 2.38 bits per heavy atom. The van der Waals surface area contributed by atoms with Crippen molar-refractivity contribution in [3.8, 4) is 11.5 Å². The van der Waals surface area contributed by atoms with E-state index in [2.05, 4.69) is 0 Å². The molecular weight excluding hydrogens is 356 g/mol. The van der Waals surface area contributed by atoms with Gasteiger partial charge < -0.3 is 14.2 Å². The third-order valence-corrected chi connectivity index (χ3v) is 3.62. The molecule has 0 N–H and O–H groups in total. The number of rotatable bonds is 7. The van der Waals surface area contributed by atoms with Crippen molar-refractivity contribution >= 4 is 23.5 Å². The van der Waals surface area contributed by atoms with Gasteiger partial charge in [-0.3, -0.25) is 9.59 Å². The smallest absolute Gasteiger partial charge is 0.310 e. The molecule has 0 aliphatic carbocycles. The Morgan fingerprint density at radius 2 is 1.77 bits per heavy atom. The minimum Gasteiger partial charge on any atom is -0.491 e. The number of benzene rings is 2. The summed E-state index contributed by atoms with van der Waals surface area (Å²) in [7, 11) is 0. The minimum atomic E-state index is -0.503. The molecule has 0 saturated heterocycles. The minimum absolute atomic E-state index is 0.0439. The van der Waals surface area contributed by atoms with Gasteiger partial charge in [-0.1, -0.05) is 35.9 Å². The Morgan fingerprint density at radius 1 is 1.08 bits per heavy atom. The summed E-state index contributed by atoms with van der Waals surface area (Å²) in [4.78, 5) is 23.3. The number of para-hydroxylation sites is 1. The van der Waals surface area contributed by atoms with Crippen molar-refractivity contribution < 1.29 is 23.8 Å². The lowest BCUT2D eigenvalue weighted by atomic mass is 10.1. The zero-order valence-corrected chi connectivity index (χ0v) is 15.7. The van der Waals surface area contributed by atoms with E-state index in [1.54, 1.807) is 18.2 Å². The molecule has 0 bridgehead atoms. The summed E-state index contributed by atoms with van der Waals surface area (Å²) in [6.45, 7) is 5.33. The fraction of sp³-hybridized carbons (Fsp3) is 0.300. The highest BCUT2D eigenvalue weighted by Gasteiger charge is 2.15. The molecule has 0 radical (unpaired) electrons. The van der Waals surface area contributed by atoms with E-state index in [0.717, 1.165) is 11.3 Å². The van der Waals surface area contributed by atoms with Crippen LogP contribution in [0.25, 0.3) is 0 Å². The van der Waals surface area contributed by atoms with Gasteiger partial charge in [-0.25, -0.2) is 0 Å². The maximum absolute atomic E-state index is 12.1. The van der Waals surface area contributed by atoms with Crippen molar-refractivity contribution in [1.82, 2.24) is 0 Å². The highest BCUT2D eigenvalue weighted by Crippen LogP contribution is 2.29. The third-order valence-electron chi connectivity index (χ3n) is 3.32. The number of esters is 2. The molecule has 0 saturated carbocycles. The lowest BCUT2D eigenvalue weighted by Crippen LogP contribution is -2.11. The zero-order chi connectivity index (χ0) is 19.1. The molecule has 0 fully saturated rings. The lowest BCUT2D eigenvalue weighted by molar-refractivity contribution is -0.144. The molecule has 2 aromatic carbocycles. The summed E-state index contributed by atoms with van der Waals surface area (Å²) in [5.74, 6) is 0.00781. The van der Waals surface area contributed by atoms with Crippen molar-refractivity contribution in [2.45, 2.75) is 39.9 Å². The van der Waals surface area contributed by atoms with E-state index < -0.39 is 11.9 Å². The summed E-state index contributed by atoms with van der Waals surface area (Å²) in [6, 6.07) is 12.3. The first-order chi connectivity index (χ1) is 12.3. The predicted molar refractivity (Wildman–Crippen MR) is 98.5 cm³/mol. The van der Waals surface area contributed by atoms with Crippen molar-refractivity contribution in [3.63, 3.8) is 0 Å². The molecule has 0 amide bonds. The van der Waals surface area contributed by atoms with Crippen molar-refractivity contribution in [3.05, 3.63) is 58.6 Å². The number of halogens is 1. The maximum atomic E-state index is 12.1. The van der Waals surface area contributed by atoms with Gasteiger partial charge in [0.25, 0.3) is 0 Å². The number of carbonyl (C=O) groups is 2. The number of ether oxygens (including phenoxy) is 3. The lowest BCUT2D eigenvalue weighted by Gasteiger charge is -2.11. The summed E-state index contributed by atoms with van der Waals surface area (Å²) in [5.41, 5.74) is 1.35. The summed E-state index contributed by atoms with van der Waals surface area (Å²) >= 11 is 6.04. The molecule has 0 heterocycles. The number of carbonyl (C=O) groups excluding carboxylic acids is 2. The molecule has 6 heteroatoms. The van der Waals surface area contributed by atoms with Crippen LogP contribution in [0.5, 0.6) is 11.5 Å². The Bertz CT molecular complexity index is 768. The topological polar surface area (TPSA) is 61.8 Å². The first-order valence-corrected chi connectivity index (χ1v) is 8.60. The molecule has 0 aliphatic rings. The quantitative estimate of drug-likeness (QED) is 0.531. The molecule has 2 aromatic rings. The van der Waals surface area contributed by atoms with Crippen molar-refractivity contribution in [1.29, 1.82) is 0 Å². The van der Waals surface area contributed by atoms with E-state index in [1.165, 1.54) is 6.92 Å². The molecule has 138 valence electrons. The summed E-state index contributed by atoms with van der Waals surface area (Å²) < 4.78 is 15.9. The second-order valence-electron chi connectivity index (χ2n) is 5.97. The van der Waals surface area contributed by atoms with E-state index in [1.807, 2.05) is 38.1 Å². The first kappa shape index (κ1) is 19.8. The van der Waals surface area contributed by atoms with Crippen LogP contribution in [0, 0.1) is 0 Å². The predicted octanol–water partition coefficient (Wildman–Crippen LogP) is 4.34. The van der Waals surface area contributed by atoms with Gasteiger partial charge in [0.05, 0.1) is 17.5 Å². The van der Waals surface area contributed by atoms with E-state index in [4.69, 9.17) is 25.8 Å². The van der Waals surface area contributed by atoms with Gasteiger partial charge in [-0.2, -0.15) is 0 Å². The molecule has 0 aromatic heterocycles. The van der Waals surface area contributed by atoms with Crippen LogP contribution in [-0.2, 0) is 27.4 Å². The Hall–Kier alpha value is -2.53. The molecule has 26 heavy (non-hydrogen) atoms. The molecule has 2 rings (SSSR count). The van der Waals surface area contributed by atoms with Crippen LogP contribution in [0.15, 0.2) is 42.5 Å². The van der Waals surface area contributed by atoms with Gasteiger partial charge in [0, 0.05) is 12.5 Å². The molecule has 0 atom stereocenters. The van der Waals surface area contributed by atoms with Crippen LogP contribution in [0.3, 0.4) is 0 Å². The average Bonchev–Trinajstić information content (AvgIpc) is 2.56. The van der Waals surface area contributed by atoms with Crippen LogP contribution in [0.1, 0.15) is 31.9 Å². The van der Waals surface area contributed by atoms with Crippen molar-refractivity contribution in [2.75, 3.05) is 0 Å².